The molecule has 1 amide bonds. The van der Waals surface area contributed by atoms with E-state index in [2.05, 4.69) is 5.32 Å². The number of benzene rings is 2. The topological polar surface area (TPSA) is 136 Å². The number of anilines is 1. The van der Waals surface area contributed by atoms with E-state index in [1.165, 1.54) is 40.7 Å². The highest BCUT2D eigenvalue weighted by atomic mass is 35.5. The summed E-state index contributed by atoms with van der Waals surface area (Å²) in [6, 6.07) is 8.99. The van der Waals surface area contributed by atoms with Gasteiger partial charge < -0.3 is 10.1 Å². The summed E-state index contributed by atoms with van der Waals surface area (Å²) >= 11 is 5.71. The van der Waals surface area contributed by atoms with Crippen LogP contribution in [0.5, 0.6) is 0 Å². The fourth-order valence-electron chi connectivity index (χ4n) is 2.64. The zero-order valence-corrected chi connectivity index (χ0v) is 18.3. The van der Waals surface area contributed by atoms with Crippen molar-refractivity contribution in [2.45, 2.75) is 18.7 Å². The van der Waals surface area contributed by atoms with Gasteiger partial charge in [-0.15, -0.1) is 0 Å². The van der Waals surface area contributed by atoms with Crippen LogP contribution in [0.25, 0.3) is 0 Å². The van der Waals surface area contributed by atoms with E-state index in [0.29, 0.717) is 0 Å². The molecule has 0 aliphatic carbocycles. The first-order valence-electron chi connectivity index (χ1n) is 9.11. The zero-order valence-electron chi connectivity index (χ0n) is 16.7. The number of nitro benzene ring substituents is 1. The van der Waals surface area contributed by atoms with Crippen LogP contribution in [0.2, 0.25) is 5.02 Å². The summed E-state index contributed by atoms with van der Waals surface area (Å²) in [6.45, 7) is 3.27. The molecule has 1 N–H and O–H groups in total. The Kier molecular flexibility index (Phi) is 8.08. The minimum absolute atomic E-state index is 0.0387. The van der Waals surface area contributed by atoms with E-state index in [-0.39, 0.29) is 39.9 Å². The number of amides is 1. The summed E-state index contributed by atoms with van der Waals surface area (Å²) in [5, 5.41) is 13.2. The van der Waals surface area contributed by atoms with E-state index in [9.17, 15) is 28.1 Å². The van der Waals surface area contributed by atoms with Crippen molar-refractivity contribution in [2.75, 3.05) is 25.0 Å². The third kappa shape index (κ3) is 6.00. The fraction of sp³-hybridized carbons (Fsp3) is 0.263. The average molecular weight is 470 g/mol. The largest absolute Gasteiger partial charge is 0.452 e. The number of rotatable bonds is 9. The van der Waals surface area contributed by atoms with E-state index >= 15 is 0 Å². The van der Waals surface area contributed by atoms with Crippen LogP contribution < -0.4 is 5.32 Å². The maximum absolute atomic E-state index is 12.6. The van der Waals surface area contributed by atoms with Crippen molar-refractivity contribution in [1.82, 2.24) is 4.31 Å². The van der Waals surface area contributed by atoms with Crippen LogP contribution >= 0.6 is 11.6 Å². The first-order chi connectivity index (χ1) is 14.6. The van der Waals surface area contributed by atoms with Gasteiger partial charge >= 0.3 is 5.97 Å². The van der Waals surface area contributed by atoms with Crippen LogP contribution in [0.15, 0.2) is 47.4 Å². The maximum atomic E-state index is 12.6. The molecule has 10 nitrogen and oxygen atoms in total. The number of nitrogens with zero attached hydrogens (tertiary/aromatic N) is 2. The van der Waals surface area contributed by atoms with Crippen molar-refractivity contribution in [3.8, 4) is 0 Å². The van der Waals surface area contributed by atoms with Gasteiger partial charge in [0.25, 0.3) is 11.6 Å². The van der Waals surface area contributed by atoms with Gasteiger partial charge in [0.05, 0.1) is 15.4 Å². The molecule has 2 rings (SSSR count). The first-order valence-corrected chi connectivity index (χ1v) is 10.9. The molecule has 166 valence electrons. The molecule has 0 radical (unpaired) electrons. The Hall–Kier alpha value is -3.02. The minimum Gasteiger partial charge on any atom is -0.452 e. The number of halogens is 1. The molecule has 2 aromatic rings. The van der Waals surface area contributed by atoms with Crippen LogP contribution in [0.1, 0.15) is 24.2 Å². The van der Waals surface area contributed by atoms with Crippen LogP contribution in [0.3, 0.4) is 0 Å². The minimum atomic E-state index is -3.76. The van der Waals surface area contributed by atoms with Crippen LogP contribution in [0, 0.1) is 10.1 Å². The lowest BCUT2D eigenvalue weighted by atomic mass is 10.2. The molecule has 0 aliphatic rings. The molecule has 2 aromatic carbocycles. The summed E-state index contributed by atoms with van der Waals surface area (Å²) in [4.78, 5) is 34.4. The standard InChI is InChI=1S/C19H20ClN3O7S/c1-3-22(4-2)31(28,29)15-7-5-6-13(10-15)19(25)30-12-18(24)21-14-8-9-16(20)17(11-14)23(26)27/h5-11H,3-4,12H2,1-2H3,(H,21,24). The van der Waals surface area contributed by atoms with E-state index in [1.807, 2.05) is 0 Å². The lowest BCUT2D eigenvalue weighted by Gasteiger charge is -2.18. The number of hydrogen-bond acceptors (Lipinski definition) is 7. The lowest BCUT2D eigenvalue weighted by Crippen LogP contribution is -2.30. The molecule has 0 aliphatic heterocycles. The number of nitro groups is 1. The van der Waals surface area contributed by atoms with Crippen molar-refractivity contribution in [2.24, 2.45) is 0 Å². The molecule has 0 unspecified atom stereocenters. The van der Waals surface area contributed by atoms with Gasteiger partial charge in [-0.25, -0.2) is 13.2 Å². The second kappa shape index (κ2) is 10.3. The molecular formula is C19H20ClN3O7S. The molecule has 0 aromatic heterocycles. The molecular weight excluding hydrogens is 450 g/mol. The number of hydrogen-bond donors (Lipinski definition) is 1. The van der Waals surface area contributed by atoms with Gasteiger partial charge in [-0.05, 0) is 30.3 Å². The summed E-state index contributed by atoms with van der Waals surface area (Å²) in [7, 11) is -3.76. The van der Waals surface area contributed by atoms with Crippen LogP contribution in [-0.2, 0) is 19.6 Å². The van der Waals surface area contributed by atoms with E-state index in [1.54, 1.807) is 13.8 Å². The van der Waals surface area contributed by atoms with Crippen LogP contribution in [0.4, 0.5) is 11.4 Å². The predicted molar refractivity (Wildman–Crippen MR) is 114 cm³/mol. The van der Waals surface area contributed by atoms with Crippen molar-refractivity contribution in [1.29, 1.82) is 0 Å². The number of ether oxygens (including phenoxy) is 1. The molecule has 0 heterocycles. The maximum Gasteiger partial charge on any atom is 0.338 e. The second-order valence-electron chi connectivity index (χ2n) is 6.16. The smallest absolute Gasteiger partial charge is 0.338 e. The summed E-state index contributed by atoms with van der Waals surface area (Å²) in [6.07, 6.45) is 0. The molecule has 12 heteroatoms. The van der Waals surface area contributed by atoms with E-state index in [4.69, 9.17) is 16.3 Å². The summed E-state index contributed by atoms with van der Waals surface area (Å²) in [5.74, 6) is -1.63. The lowest BCUT2D eigenvalue weighted by molar-refractivity contribution is -0.384. The summed E-state index contributed by atoms with van der Waals surface area (Å²) in [5.41, 5.74) is -0.324. The van der Waals surface area contributed by atoms with Crippen LogP contribution in [-0.4, -0.2) is 49.2 Å². The Morgan fingerprint density at radius 1 is 1.16 bits per heavy atom. The monoisotopic (exact) mass is 469 g/mol. The highest BCUT2D eigenvalue weighted by Crippen LogP contribution is 2.27. The van der Waals surface area contributed by atoms with Gasteiger partial charge in [0.2, 0.25) is 10.0 Å². The Balaban J connectivity index is 2.06. The van der Waals surface area contributed by atoms with E-state index < -0.39 is 33.4 Å². The Morgan fingerprint density at radius 3 is 2.45 bits per heavy atom. The number of nitrogens with one attached hydrogen (secondary N) is 1. The van der Waals surface area contributed by atoms with Crippen molar-refractivity contribution >= 4 is 44.9 Å². The number of carbonyl (C=O) groups excluding carboxylic acids is 2. The van der Waals surface area contributed by atoms with Gasteiger partial charge in [0, 0.05) is 24.8 Å². The molecule has 31 heavy (non-hydrogen) atoms. The van der Waals surface area contributed by atoms with Gasteiger partial charge in [-0.3, -0.25) is 14.9 Å². The number of sulfonamides is 1. The van der Waals surface area contributed by atoms with E-state index in [0.717, 1.165) is 6.07 Å². The van der Waals surface area contributed by atoms with Gasteiger partial charge in [-0.2, -0.15) is 4.31 Å². The van der Waals surface area contributed by atoms with Crippen molar-refractivity contribution in [3.05, 3.63) is 63.2 Å². The second-order valence-corrected chi connectivity index (χ2v) is 8.51. The molecule has 0 spiro atoms. The number of esters is 1. The van der Waals surface area contributed by atoms with Gasteiger partial charge in [0.1, 0.15) is 5.02 Å². The normalized spacial score (nSPS) is 11.2. The highest BCUT2D eigenvalue weighted by Gasteiger charge is 2.23. The van der Waals surface area contributed by atoms with Gasteiger partial charge in [0.15, 0.2) is 6.61 Å². The van der Waals surface area contributed by atoms with Gasteiger partial charge in [-0.1, -0.05) is 31.5 Å². The first kappa shape index (κ1) is 24.3. The third-order valence-electron chi connectivity index (χ3n) is 4.17. The molecule has 0 saturated carbocycles. The van der Waals surface area contributed by atoms with Crippen molar-refractivity contribution in [3.63, 3.8) is 0 Å². The average Bonchev–Trinajstić information content (AvgIpc) is 2.74. The third-order valence-corrected chi connectivity index (χ3v) is 6.54. The molecule has 0 atom stereocenters. The molecule has 0 saturated heterocycles. The Bertz CT molecular complexity index is 1100. The molecule has 0 bridgehead atoms. The molecule has 0 fully saturated rings. The summed E-state index contributed by atoms with van der Waals surface area (Å²) < 4.78 is 31.4. The highest BCUT2D eigenvalue weighted by molar-refractivity contribution is 7.89. The Labute approximate surface area is 184 Å². The quantitative estimate of drug-likeness (QED) is 0.338. The SMILES string of the molecule is CCN(CC)S(=O)(=O)c1cccc(C(=O)OCC(=O)Nc2ccc(Cl)c([N+](=O)[O-])c2)c1. The predicted octanol–water partition coefficient (Wildman–Crippen LogP) is 3.07. The zero-order chi connectivity index (χ0) is 23.2. The van der Waals surface area contributed by atoms with Crippen molar-refractivity contribution < 1.29 is 27.7 Å². The fourth-order valence-corrected chi connectivity index (χ4v) is 4.33. The number of carbonyl (C=O) groups is 2. The Morgan fingerprint density at radius 2 is 1.84 bits per heavy atom.